The lowest BCUT2D eigenvalue weighted by atomic mass is 10.2. The molecule has 0 spiro atoms. The highest BCUT2D eigenvalue weighted by Crippen LogP contribution is 2.05. The lowest BCUT2D eigenvalue weighted by molar-refractivity contribution is 0.0874. The van der Waals surface area contributed by atoms with Crippen LogP contribution in [0.2, 0.25) is 5.15 Å². The zero-order chi connectivity index (χ0) is 12.8. The Morgan fingerprint density at radius 1 is 1.47 bits per heavy atom. The number of pyridine rings is 1. The van der Waals surface area contributed by atoms with Crippen LogP contribution in [0.4, 0.5) is 0 Å². The highest BCUT2D eigenvalue weighted by molar-refractivity contribution is 6.29. The maximum Gasteiger partial charge on any atom is 0.254 e. The Morgan fingerprint density at radius 2 is 2.12 bits per heavy atom. The van der Waals surface area contributed by atoms with Crippen LogP contribution in [0.3, 0.4) is 0 Å². The summed E-state index contributed by atoms with van der Waals surface area (Å²) in [7, 11) is 0. The topological polar surface area (TPSA) is 45.2 Å². The summed E-state index contributed by atoms with van der Waals surface area (Å²) >= 11 is 5.67. The number of nitrogens with one attached hydrogen (secondary N) is 1. The molecule has 0 aliphatic carbocycles. The van der Waals surface area contributed by atoms with Crippen molar-refractivity contribution in [2.45, 2.75) is 26.9 Å². The molecule has 0 radical (unpaired) electrons. The van der Waals surface area contributed by atoms with Gasteiger partial charge in [0, 0.05) is 6.20 Å². The summed E-state index contributed by atoms with van der Waals surface area (Å²) in [4.78, 5) is 17.9. The van der Waals surface area contributed by atoms with E-state index in [-0.39, 0.29) is 12.1 Å². The molecule has 0 saturated carbocycles. The summed E-state index contributed by atoms with van der Waals surface area (Å²) in [6, 6.07) is 3.28. The van der Waals surface area contributed by atoms with Gasteiger partial charge in [0.1, 0.15) is 5.15 Å². The van der Waals surface area contributed by atoms with E-state index in [1.807, 2.05) is 6.92 Å². The van der Waals surface area contributed by atoms with E-state index in [0.717, 1.165) is 13.1 Å². The van der Waals surface area contributed by atoms with Gasteiger partial charge in [-0.15, -0.1) is 0 Å². The number of rotatable bonds is 5. The number of carbonyl (C=O) groups is 1. The minimum absolute atomic E-state index is 0.00757. The van der Waals surface area contributed by atoms with Gasteiger partial charge in [0.15, 0.2) is 0 Å². The van der Waals surface area contributed by atoms with Gasteiger partial charge in [0.2, 0.25) is 0 Å². The van der Waals surface area contributed by atoms with Gasteiger partial charge in [0.25, 0.3) is 5.91 Å². The standard InChI is InChI=1S/C12H18ClN3O/c1-4-16(5-2)9(3)15-12(17)10-6-7-11(13)14-8-10/h6-9H,4-5H2,1-3H3,(H,15,17). The van der Waals surface area contributed by atoms with Crippen LogP contribution in [0, 0.1) is 0 Å². The molecule has 0 saturated heterocycles. The van der Waals surface area contributed by atoms with Gasteiger partial charge in [-0.05, 0) is 32.1 Å². The zero-order valence-electron chi connectivity index (χ0n) is 10.4. The second-order valence-corrected chi connectivity index (χ2v) is 4.13. The summed E-state index contributed by atoms with van der Waals surface area (Å²) < 4.78 is 0. The second kappa shape index (κ2) is 6.57. The first-order valence-electron chi connectivity index (χ1n) is 5.75. The second-order valence-electron chi connectivity index (χ2n) is 3.74. The lowest BCUT2D eigenvalue weighted by Gasteiger charge is -2.26. The molecule has 0 aliphatic rings. The Kier molecular flexibility index (Phi) is 5.38. The van der Waals surface area contributed by atoms with Gasteiger partial charge < -0.3 is 5.32 Å². The molecule has 1 atom stereocenters. The first-order valence-corrected chi connectivity index (χ1v) is 6.12. The van der Waals surface area contributed by atoms with Crippen molar-refractivity contribution in [2.24, 2.45) is 0 Å². The van der Waals surface area contributed by atoms with Crippen LogP contribution in [-0.2, 0) is 0 Å². The first kappa shape index (κ1) is 13.9. The Hall–Kier alpha value is -1.13. The predicted molar refractivity (Wildman–Crippen MR) is 69.1 cm³/mol. The third-order valence-corrected chi connectivity index (χ3v) is 2.91. The SMILES string of the molecule is CCN(CC)C(C)NC(=O)c1ccc(Cl)nc1. The van der Waals surface area contributed by atoms with Crippen LogP contribution in [0.15, 0.2) is 18.3 Å². The Bertz CT molecular complexity index is 363. The summed E-state index contributed by atoms with van der Waals surface area (Å²) in [5.74, 6) is -0.131. The van der Waals surface area contributed by atoms with Gasteiger partial charge in [-0.3, -0.25) is 9.69 Å². The Labute approximate surface area is 107 Å². The Morgan fingerprint density at radius 3 is 2.59 bits per heavy atom. The normalized spacial score (nSPS) is 12.5. The molecule has 5 heteroatoms. The van der Waals surface area contributed by atoms with E-state index in [1.54, 1.807) is 12.1 Å². The van der Waals surface area contributed by atoms with Gasteiger partial charge in [-0.2, -0.15) is 0 Å². The van der Waals surface area contributed by atoms with Crippen LogP contribution in [0.5, 0.6) is 0 Å². The van der Waals surface area contributed by atoms with E-state index in [2.05, 4.69) is 29.0 Å². The third kappa shape index (κ3) is 3.98. The van der Waals surface area contributed by atoms with Crippen LogP contribution in [0.1, 0.15) is 31.1 Å². The highest BCUT2D eigenvalue weighted by atomic mass is 35.5. The molecule has 0 fully saturated rings. The molecule has 4 nitrogen and oxygen atoms in total. The molecule has 0 bridgehead atoms. The van der Waals surface area contributed by atoms with Gasteiger partial charge in [-0.25, -0.2) is 4.98 Å². The van der Waals surface area contributed by atoms with Crippen molar-refractivity contribution in [1.29, 1.82) is 0 Å². The minimum Gasteiger partial charge on any atom is -0.337 e. The maximum absolute atomic E-state index is 11.9. The van der Waals surface area contributed by atoms with Crippen molar-refractivity contribution in [3.05, 3.63) is 29.0 Å². The molecule has 1 heterocycles. The van der Waals surface area contributed by atoms with Crippen molar-refractivity contribution in [3.63, 3.8) is 0 Å². The molecule has 1 amide bonds. The monoisotopic (exact) mass is 255 g/mol. The van der Waals surface area contributed by atoms with Gasteiger partial charge >= 0.3 is 0 Å². The number of halogens is 1. The van der Waals surface area contributed by atoms with E-state index in [1.165, 1.54) is 6.20 Å². The van der Waals surface area contributed by atoms with E-state index in [9.17, 15) is 4.79 Å². The van der Waals surface area contributed by atoms with Crippen molar-refractivity contribution in [1.82, 2.24) is 15.2 Å². The average Bonchev–Trinajstić information content (AvgIpc) is 2.31. The van der Waals surface area contributed by atoms with Gasteiger partial charge in [0.05, 0.1) is 11.7 Å². The number of aromatic nitrogens is 1. The number of carbonyl (C=O) groups excluding carboxylic acids is 1. The molecule has 1 rings (SSSR count). The average molecular weight is 256 g/mol. The van der Waals surface area contributed by atoms with Crippen LogP contribution in [-0.4, -0.2) is 35.0 Å². The highest BCUT2D eigenvalue weighted by Gasteiger charge is 2.14. The molecule has 1 aromatic heterocycles. The van der Waals surface area contributed by atoms with Crippen LogP contribution >= 0.6 is 11.6 Å². The summed E-state index contributed by atoms with van der Waals surface area (Å²) in [5.41, 5.74) is 0.522. The number of hydrogen-bond acceptors (Lipinski definition) is 3. The first-order chi connectivity index (χ1) is 8.08. The van der Waals surface area contributed by atoms with E-state index < -0.39 is 0 Å². The van der Waals surface area contributed by atoms with E-state index in [4.69, 9.17) is 11.6 Å². The lowest BCUT2D eigenvalue weighted by Crippen LogP contribution is -2.46. The van der Waals surface area contributed by atoms with Crippen molar-refractivity contribution < 1.29 is 4.79 Å². The maximum atomic E-state index is 11.9. The van der Waals surface area contributed by atoms with Gasteiger partial charge in [-0.1, -0.05) is 25.4 Å². The van der Waals surface area contributed by atoms with Crippen LogP contribution in [0.25, 0.3) is 0 Å². The zero-order valence-corrected chi connectivity index (χ0v) is 11.2. The van der Waals surface area contributed by atoms with Crippen molar-refractivity contribution in [2.75, 3.05) is 13.1 Å². The Balaban J connectivity index is 2.62. The fourth-order valence-electron chi connectivity index (χ4n) is 1.65. The van der Waals surface area contributed by atoms with Crippen molar-refractivity contribution in [3.8, 4) is 0 Å². The fourth-order valence-corrected chi connectivity index (χ4v) is 1.76. The molecule has 1 unspecified atom stereocenters. The number of amides is 1. The predicted octanol–water partition coefficient (Wildman–Crippen LogP) is 2.15. The fraction of sp³-hybridized carbons (Fsp3) is 0.500. The molecular formula is C12H18ClN3O. The minimum atomic E-state index is -0.131. The molecule has 1 N–H and O–H groups in total. The third-order valence-electron chi connectivity index (χ3n) is 2.69. The number of nitrogens with zero attached hydrogens (tertiary/aromatic N) is 2. The van der Waals surface area contributed by atoms with E-state index >= 15 is 0 Å². The quantitative estimate of drug-likeness (QED) is 0.648. The molecular weight excluding hydrogens is 238 g/mol. The molecule has 0 aromatic carbocycles. The molecule has 0 aliphatic heterocycles. The summed E-state index contributed by atoms with van der Waals surface area (Å²) in [6.45, 7) is 7.90. The summed E-state index contributed by atoms with van der Waals surface area (Å²) in [5, 5.41) is 3.31. The number of hydrogen-bond donors (Lipinski definition) is 1. The summed E-state index contributed by atoms with van der Waals surface area (Å²) in [6.07, 6.45) is 1.49. The van der Waals surface area contributed by atoms with E-state index in [0.29, 0.717) is 10.7 Å². The smallest absolute Gasteiger partial charge is 0.254 e. The molecule has 94 valence electrons. The van der Waals surface area contributed by atoms with Crippen molar-refractivity contribution >= 4 is 17.5 Å². The van der Waals surface area contributed by atoms with Crippen LogP contribution < -0.4 is 5.32 Å². The molecule has 1 aromatic rings. The largest absolute Gasteiger partial charge is 0.337 e. The molecule has 17 heavy (non-hydrogen) atoms.